The molecule has 1 fully saturated rings. The second-order valence-corrected chi connectivity index (χ2v) is 7.45. The molecule has 1 aliphatic heterocycles. The van der Waals surface area contributed by atoms with Crippen molar-refractivity contribution in [2.75, 3.05) is 11.4 Å². The van der Waals surface area contributed by atoms with Gasteiger partial charge in [0.05, 0.1) is 0 Å². The fraction of sp³-hybridized carbons (Fsp3) is 0.286. The Morgan fingerprint density at radius 1 is 1.15 bits per heavy atom. The lowest BCUT2D eigenvalue weighted by Gasteiger charge is -2.19. The third-order valence-corrected chi connectivity index (χ3v) is 5.63. The summed E-state index contributed by atoms with van der Waals surface area (Å²) in [5, 5.41) is 4.79. The number of nitrogens with zero attached hydrogens (tertiary/aromatic N) is 3. The van der Waals surface area contributed by atoms with E-state index >= 15 is 0 Å². The third kappa shape index (κ3) is 3.23. The summed E-state index contributed by atoms with van der Waals surface area (Å²) in [5.74, 6) is 1.000. The summed E-state index contributed by atoms with van der Waals surface area (Å²) in [6, 6.07) is 11.6. The van der Waals surface area contributed by atoms with E-state index in [1.807, 2.05) is 43.3 Å². The van der Waals surface area contributed by atoms with Gasteiger partial charge in [-0.25, -0.2) is 0 Å². The molecule has 1 aliphatic rings. The Labute approximate surface area is 163 Å². The Bertz CT molecular complexity index is 1030. The monoisotopic (exact) mass is 381 g/mol. The fourth-order valence-corrected chi connectivity index (χ4v) is 3.56. The molecular formula is C21H20ClN3O2. The predicted octanol–water partition coefficient (Wildman–Crippen LogP) is 4.84. The average Bonchev–Trinajstić information content (AvgIpc) is 3.27. The quantitative estimate of drug-likeness (QED) is 0.651. The largest absolute Gasteiger partial charge is 0.334 e. The molecule has 4 rings (SSSR count). The first-order valence-electron chi connectivity index (χ1n) is 8.90. The molecule has 6 heteroatoms. The Hall–Kier alpha value is -2.66. The minimum atomic E-state index is -0.0973. The number of aryl methyl sites for hydroxylation is 2. The first kappa shape index (κ1) is 17.7. The van der Waals surface area contributed by atoms with Crippen LogP contribution < -0.4 is 4.90 Å². The van der Waals surface area contributed by atoms with Gasteiger partial charge in [-0.05, 0) is 61.7 Å². The molecule has 1 atom stereocenters. The van der Waals surface area contributed by atoms with Crippen molar-refractivity contribution in [2.45, 2.75) is 33.1 Å². The number of anilines is 1. The Morgan fingerprint density at radius 3 is 2.74 bits per heavy atom. The molecule has 2 heterocycles. The molecular weight excluding hydrogens is 362 g/mol. The summed E-state index contributed by atoms with van der Waals surface area (Å²) < 4.78 is 5.46. The maximum absolute atomic E-state index is 12.6. The second kappa shape index (κ2) is 6.82. The standard InChI is InChI=1S/C21H20ClN3O2/c1-12-7-8-15(9-13(12)2)21-23-20(24-27-21)16-10-19(26)25(11-16)18-6-4-5-17(22)14(18)3/h4-9,16H,10-11H2,1-3H3. The van der Waals surface area contributed by atoms with E-state index in [2.05, 4.69) is 24.0 Å². The number of rotatable bonds is 3. The van der Waals surface area contributed by atoms with Gasteiger partial charge < -0.3 is 9.42 Å². The average molecular weight is 382 g/mol. The van der Waals surface area contributed by atoms with Crippen molar-refractivity contribution in [1.29, 1.82) is 0 Å². The van der Waals surface area contributed by atoms with Crippen molar-refractivity contribution in [1.82, 2.24) is 10.1 Å². The zero-order chi connectivity index (χ0) is 19.1. The van der Waals surface area contributed by atoms with E-state index in [-0.39, 0.29) is 11.8 Å². The molecule has 0 saturated carbocycles. The van der Waals surface area contributed by atoms with Gasteiger partial charge in [0.15, 0.2) is 5.82 Å². The van der Waals surface area contributed by atoms with Crippen LogP contribution in [-0.4, -0.2) is 22.6 Å². The van der Waals surface area contributed by atoms with Crippen LogP contribution in [0.25, 0.3) is 11.5 Å². The number of hydrogen-bond acceptors (Lipinski definition) is 4. The van der Waals surface area contributed by atoms with Crippen LogP contribution >= 0.6 is 11.6 Å². The number of carbonyl (C=O) groups is 1. The summed E-state index contributed by atoms with van der Waals surface area (Å²) in [6.07, 6.45) is 0.359. The molecule has 0 N–H and O–H groups in total. The van der Waals surface area contributed by atoms with Crippen LogP contribution in [0.5, 0.6) is 0 Å². The molecule has 5 nitrogen and oxygen atoms in total. The van der Waals surface area contributed by atoms with Crippen molar-refractivity contribution in [2.24, 2.45) is 0 Å². The molecule has 27 heavy (non-hydrogen) atoms. The molecule has 1 aromatic heterocycles. The van der Waals surface area contributed by atoms with Gasteiger partial charge >= 0.3 is 0 Å². The van der Waals surface area contributed by atoms with Crippen molar-refractivity contribution in [3.63, 3.8) is 0 Å². The summed E-state index contributed by atoms with van der Waals surface area (Å²) in [5.41, 5.74) is 5.02. The maximum atomic E-state index is 12.6. The smallest absolute Gasteiger partial charge is 0.257 e. The lowest BCUT2D eigenvalue weighted by Crippen LogP contribution is -2.25. The van der Waals surface area contributed by atoms with E-state index in [1.165, 1.54) is 11.1 Å². The first-order valence-corrected chi connectivity index (χ1v) is 9.28. The van der Waals surface area contributed by atoms with E-state index in [1.54, 1.807) is 4.90 Å². The van der Waals surface area contributed by atoms with Crippen LogP contribution in [0.2, 0.25) is 5.02 Å². The van der Waals surface area contributed by atoms with Gasteiger partial charge in [-0.2, -0.15) is 4.98 Å². The molecule has 3 aromatic rings. The predicted molar refractivity (Wildman–Crippen MR) is 105 cm³/mol. The first-order chi connectivity index (χ1) is 12.9. The SMILES string of the molecule is Cc1ccc(-c2nc(C3CC(=O)N(c4cccc(Cl)c4C)C3)no2)cc1C. The summed E-state index contributed by atoms with van der Waals surface area (Å²) in [6.45, 7) is 6.56. The van der Waals surface area contributed by atoms with Crippen LogP contribution in [0.15, 0.2) is 40.9 Å². The topological polar surface area (TPSA) is 59.2 Å². The minimum absolute atomic E-state index is 0.0443. The summed E-state index contributed by atoms with van der Waals surface area (Å²) >= 11 is 6.21. The highest BCUT2D eigenvalue weighted by Crippen LogP contribution is 2.35. The highest BCUT2D eigenvalue weighted by Gasteiger charge is 2.35. The summed E-state index contributed by atoms with van der Waals surface area (Å²) in [4.78, 5) is 18.9. The van der Waals surface area contributed by atoms with Crippen molar-refractivity contribution >= 4 is 23.2 Å². The van der Waals surface area contributed by atoms with E-state index in [4.69, 9.17) is 16.1 Å². The molecule has 0 bridgehead atoms. The highest BCUT2D eigenvalue weighted by atomic mass is 35.5. The number of halogens is 1. The zero-order valence-corrected chi connectivity index (χ0v) is 16.2. The van der Waals surface area contributed by atoms with E-state index in [0.717, 1.165) is 16.8 Å². The molecule has 0 radical (unpaired) electrons. The maximum Gasteiger partial charge on any atom is 0.257 e. The molecule has 138 valence electrons. The van der Waals surface area contributed by atoms with Crippen LogP contribution in [0, 0.1) is 20.8 Å². The van der Waals surface area contributed by atoms with Crippen LogP contribution in [0.1, 0.15) is 34.9 Å². The molecule has 0 spiro atoms. The lowest BCUT2D eigenvalue weighted by molar-refractivity contribution is -0.117. The van der Waals surface area contributed by atoms with Crippen LogP contribution in [-0.2, 0) is 4.79 Å². The van der Waals surface area contributed by atoms with Gasteiger partial charge in [-0.1, -0.05) is 28.9 Å². The Kier molecular flexibility index (Phi) is 4.48. The van der Waals surface area contributed by atoms with Crippen LogP contribution in [0.3, 0.4) is 0 Å². The number of aromatic nitrogens is 2. The highest BCUT2D eigenvalue weighted by molar-refractivity contribution is 6.31. The van der Waals surface area contributed by atoms with E-state index in [0.29, 0.717) is 29.7 Å². The van der Waals surface area contributed by atoms with Gasteiger partial charge in [-0.15, -0.1) is 0 Å². The van der Waals surface area contributed by atoms with Crippen molar-refractivity contribution in [3.05, 3.63) is 63.9 Å². The molecule has 1 amide bonds. The Balaban J connectivity index is 1.59. The number of hydrogen-bond donors (Lipinski definition) is 0. The Morgan fingerprint density at radius 2 is 1.96 bits per heavy atom. The minimum Gasteiger partial charge on any atom is -0.334 e. The molecule has 1 unspecified atom stereocenters. The fourth-order valence-electron chi connectivity index (χ4n) is 3.39. The number of benzene rings is 2. The lowest BCUT2D eigenvalue weighted by atomic mass is 10.1. The van der Waals surface area contributed by atoms with Gasteiger partial charge in [-0.3, -0.25) is 4.79 Å². The summed E-state index contributed by atoms with van der Waals surface area (Å²) in [7, 11) is 0. The number of amides is 1. The van der Waals surface area contributed by atoms with Gasteiger partial charge in [0, 0.05) is 35.2 Å². The van der Waals surface area contributed by atoms with Gasteiger partial charge in [0.1, 0.15) is 0 Å². The van der Waals surface area contributed by atoms with E-state index in [9.17, 15) is 4.79 Å². The van der Waals surface area contributed by atoms with Crippen molar-refractivity contribution < 1.29 is 9.32 Å². The molecule has 0 aliphatic carbocycles. The molecule has 1 saturated heterocycles. The third-order valence-electron chi connectivity index (χ3n) is 5.22. The molecule has 2 aromatic carbocycles. The van der Waals surface area contributed by atoms with Gasteiger partial charge in [0.2, 0.25) is 5.91 Å². The van der Waals surface area contributed by atoms with Crippen LogP contribution in [0.4, 0.5) is 5.69 Å². The normalized spacial score (nSPS) is 17.0. The van der Waals surface area contributed by atoms with E-state index < -0.39 is 0 Å². The van der Waals surface area contributed by atoms with Gasteiger partial charge in [0.25, 0.3) is 5.89 Å². The zero-order valence-electron chi connectivity index (χ0n) is 15.5. The number of carbonyl (C=O) groups excluding carboxylic acids is 1. The second-order valence-electron chi connectivity index (χ2n) is 7.05. The van der Waals surface area contributed by atoms with Crippen molar-refractivity contribution in [3.8, 4) is 11.5 Å².